The van der Waals surface area contributed by atoms with Gasteiger partial charge in [-0.15, -0.1) is 0 Å². The minimum atomic E-state index is 0.116. The first-order valence-electron chi connectivity index (χ1n) is 9.62. The zero-order valence-electron chi connectivity index (χ0n) is 16.4. The fourth-order valence-electron chi connectivity index (χ4n) is 3.06. The van der Waals surface area contributed by atoms with Gasteiger partial charge in [-0.1, -0.05) is 39.5 Å². The number of carbonyl (C=O) groups is 1. The number of unbranched alkanes of at least 4 members (excludes halogenated alkanes) is 3. The van der Waals surface area contributed by atoms with E-state index in [0.717, 1.165) is 35.8 Å². The molecule has 1 aromatic rings. The average molecular weight is 347 g/mol. The second kappa shape index (κ2) is 11.7. The molecule has 0 radical (unpaired) electrons. The normalized spacial score (nSPS) is 10.9. The van der Waals surface area contributed by atoms with Gasteiger partial charge in [0, 0.05) is 18.7 Å². The van der Waals surface area contributed by atoms with Gasteiger partial charge in [-0.3, -0.25) is 9.48 Å². The quantitative estimate of drug-likeness (QED) is 0.580. The third-order valence-corrected chi connectivity index (χ3v) is 4.60. The number of aromatic nitrogens is 2. The van der Waals surface area contributed by atoms with E-state index in [2.05, 4.69) is 30.3 Å². The van der Waals surface area contributed by atoms with E-state index in [4.69, 9.17) is 5.26 Å². The molecule has 0 fully saturated rings. The summed E-state index contributed by atoms with van der Waals surface area (Å²) in [4.78, 5) is 12.0. The summed E-state index contributed by atoms with van der Waals surface area (Å²) in [5.41, 5.74) is 3.18. The number of nitrogens with one attached hydrogen (secondary N) is 1. The molecule has 0 aliphatic heterocycles. The second-order valence-electron chi connectivity index (χ2n) is 7.23. The van der Waals surface area contributed by atoms with E-state index in [-0.39, 0.29) is 5.91 Å². The number of nitriles is 1. The van der Waals surface area contributed by atoms with Crippen LogP contribution in [0.15, 0.2) is 0 Å². The number of nitrogens with zero attached hydrogens (tertiary/aromatic N) is 3. The van der Waals surface area contributed by atoms with Crippen LogP contribution in [-0.4, -0.2) is 22.2 Å². The summed E-state index contributed by atoms with van der Waals surface area (Å²) in [6, 6.07) is 2.14. The SMILES string of the molecule is Cc1nn(CCC#N)c(C)c1CCC(=O)NCCCCCCC(C)C. The Morgan fingerprint density at radius 2 is 1.96 bits per heavy atom. The Bertz CT molecular complexity index is 569. The van der Waals surface area contributed by atoms with E-state index in [9.17, 15) is 4.79 Å². The highest BCUT2D eigenvalue weighted by atomic mass is 16.1. The lowest BCUT2D eigenvalue weighted by Gasteiger charge is -2.07. The number of amides is 1. The zero-order valence-corrected chi connectivity index (χ0v) is 16.4. The Kier molecular flexibility index (Phi) is 9.91. The molecule has 0 aliphatic rings. The summed E-state index contributed by atoms with van der Waals surface area (Å²) in [6.45, 7) is 9.90. The predicted octanol–water partition coefficient (Wildman–Crippen LogP) is 4.07. The maximum atomic E-state index is 12.0. The van der Waals surface area contributed by atoms with Crippen molar-refractivity contribution >= 4 is 5.91 Å². The number of hydrogen-bond donors (Lipinski definition) is 1. The monoisotopic (exact) mass is 346 g/mol. The number of hydrogen-bond acceptors (Lipinski definition) is 3. The largest absolute Gasteiger partial charge is 0.356 e. The van der Waals surface area contributed by atoms with Crippen molar-refractivity contribution < 1.29 is 4.79 Å². The van der Waals surface area contributed by atoms with E-state index in [1.807, 2.05) is 18.5 Å². The van der Waals surface area contributed by atoms with Gasteiger partial charge in [0.25, 0.3) is 0 Å². The molecule has 1 amide bonds. The first-order chi connectivity index (χ1) is 12.0. The molecule has 0 aromatic carbocycles. The van der Waals surface area contributed by atoms with Crippen LogP contribution < -0.4 is 5.32 Å². The van der Waals surface area contributed by atoms with E-state index in [1.54, 1.807) is 0 Å². The van der Waals surface area contributed by atoms with Gasteiger partial charge in [0.2, 0.25) is 5.91 Å². The Hall–Kier alpha value is -1.83. The van der Waals surface area contributed by atoms with Crippen LogP contribution >= 0.6 is 0 Å². The van der Waals surface area contributed by atoms with E-state index < -0.39 is 0 Å². The van der Waals surface area contributed by atoms with Crippen molar-refractivity contribution in [1.82, 2.24) is 15.1 Å². The fraction of sp³-hybridized carbons (Fsp3) is 0.750. The molecular formula is C20H34N4O. The molecule has 0 saturated carbocycles. The predicted molar refractivity (Wildman–Crippen MR) is 101 cm³/mol. The van der Waals surface area contributed by atoms with Crippen molar-refractivity contribution in [1.29, 1.82) is 5.26 Å². The van der Waals surface area contributed by atoms with Crippen LogP contribution in [0.2, 0.25) is 0 Å². The van der Waals surface area contributed by atoms with Gasteiger partial charge >= 0.3 is 0 Å². The van der Waals surface area contributed by atoms with Gasteiger partial charge in [-0.05, 0) is 38.2 Å². The van der Waals surface area contributed by atoms with Crippen LogP contribution in [0.25, 0.3) is 0 Å². The van der Waals surface area contributed by atoms with Crippen LogP contribution in [0, 0.1) is 31.1 Å². The van der Waals surface area contributed by atoms with Gasteiger partial charge in [0.1, 0.15) is 0 Å². The zero-order chi connectivity index (χ0) is 18.7. The Morgan fingerprint density at radius 1 is 1.24 bits per heavy atom. The third kappa shape index (κ3) is 8.20. The maximum Gasteiger partial charge on any atom is 0.220 e. The van der Waals surface area contributed by atoms with Crippen LogP contribution in [-0.2, 0) is 17.8 Å². The lowest BCUT2D eigenvalue weighted by molar-refractivity contribution is -0.121. The van der Waals surface area contributed by atoms with E-state index in [0.29, 0.717) is 25.8 Å². The second-order valence-corrected chi connectivity index (χ2v) is 7.23. The average Bonchev–Trinajstić information content (AvgIpc) is 2.83. The van der Waals surface area contributed by atoms with E-state index in [1.165, 1.54) is 25.7 Å². The molecule has 1 rings (SSSR count). The van der Waals surface area contributed by atoms with Crippen molar-refractivity contribution in [2.75, 3.05) is 6.54 Å². The molecule has 0 unspecified atom stereocenters. The molecule has 140 valence electrons. The molecule has 5 nitrogen and oxygen atoms in total. The standard InChI is InChI=1S/C20H34N4O/c1-16(2)10-7-5-6-8-14-22-20(25)12-11-19-17(3)23-24(18(19)4)15-9-13-21/h16H,5-12,14-15H2,1-4H3,(H,22,25). The first-order valence-corrected chi connectivity index (χ1v) is 9.62. The minimum absolute atomic E-state index is 0.116. The summed E-state index contributed by atoms with van der Waals surface area (Å²) < 4.78 is 1.88. The molecule has 1 aromatic heterocycles. The molecule has 1 N–H and O–H groups in total. The molecular weight excluding hydrogens is 312 g/mol. The molecule has 0 saturated heterocycles. The van der Waals surface area contributed by atoms with E-state index >= 15 is 0 Å². The Balaban J connectivity index is 2.24. The molecule has 0 spiro atoms. The molecule has 0 aliphatic carbocycles. The van der Waals surface area contributed by atoms with Crippen LogP contribution in [0.3, 0.4) is 0 Å². The van der Waals surface area contributed by atoms with Crippen LogP contribution in [0.1, 0.15) is 75.7 Å². The fourth-order valence-corrected chi connectivity index (χ4v) is 3.06. The summed E-state index contributed by atoms with van der Waals surface area (Å²) in [6.07, 6.45) is 7.77. The van der Waals surface area contributed by atoms with Gasteiger partial charge < -0.3 is 5.32 Å². The van der Waals surface area contributed by atoms with Gasteiger partial charge in [-0.25, -0.2) is 0 Å². The summed E-state index contributed by atoms with van der Waals surface area (Å²) in [7, 11) is 0. The van der Waals surface area contributed by atoms with Crippen molar-refractivity contribution in [2.45, 2.75) is 85.6 Å². The molecule has 1 heterocycles. The molecule has 5 heteroatoms. The Labute approximate surface area is 152 Å². The van der Waals surface area contributed by atoms with Crippen molar-refractivity contribution in [3.63, 3.8) is 0 Å². The van der Waals surface area contributed by atoms with Gasteiger partial charge in [-0.2, -0.15) is 10.4 Å². The third-order valence-electron chi connectivity index (χ3n) is 4.60. The number of carbonyl (C=O) groups excluding carboxylic acids is 1. The topological polar surface area (TPSA) is 70.7 Å². The van der Waals surface area contributed by atoms with Crippen LogP contribution in [0.5, 0.6) is 0 Å². The van der Waals surface area contributed by atoms with Crippen molar-refractivity contribution in [3.05, 3.63) is 17.0 Å². The summed E-state index contributed by atoms with van der Waals surface area (Å²) in [5, 5.41) is 16.2. The first kappa shape index (κ1) is 21.2. The molecule has 25 heavy (non-hydrogen) atoms. The number of aryl methyl sites for hydroxylation is 2. The van der Waals surface area contributed by atoms with Crippen molar-refractivity contribution in [2.24, 2.45) is 5.92 Å². The van der Waals surface area contributed by atoms with Crippen LogP contribution in [0.4, 0.5) is 0 Å². The highest BCUT2D eigenvalue weighted by molar-refractivity contribution is 5.76. The minimum Gasteiger partial charge on any atom is -0.356 e. The summed E-state index contributed by atoms with van der Waals surface area (Å²) >= 11 is 0. The Morgan fingerprint density at radius 3 is 2.64 bits per heavy atom. The van der Waals surface area contributed by atoms with Crippen molar-refractivity contribution in [3.8, 4) is 6.07 Å². The summed E-state index contributed by atoms with van der Waals surface area (Å²) in [5.74, 6) is 0.904. The lowest BCUT2D eigenvalue weighted by Crippen LogP contribution is -2.24. The van der Waals surface area contributed by atoms with Gasteiger partial charge in [0.05, 0.1) is 24.7 Å². The smallest absolute Gasteiger partial charge is 0.220 e. The van der Waals surface area contributed by atoms with Gasteiger partial charge in [0.15, 0.2) is 0 Å². The lowest BCUT2D eigenvalue weighted by atomic mass is 10.0. The molecule has 0 atom stereocenters. The maximum absolute atomic E-state index is 12.0. The highest BCUT2D eigenvalue weighted by Crippen LogP contribution is 2.15. The number of rotatable bonds is 12. The molecule has 0 bridgehead atoms. The highest BCUT2D eigenvalue weighted by Gasteiger charge is 2.12.